The summed E-state index contributed by atoms with van der Waals surface area (Å²) in [6.07, 6.45) is 3.73. The summed E-state index contributed by atoms with van der Waals surface area (Å²) in [5.41, 5.74) is 1.44. The maximum atomic E-state index is 13.6. The Morgan fingerprint density at radius 3 is 2.45 bits per heavy atom. The smallest absolute Gasteiger partial charge is 0.259 e. The Balaban J connectivity index is 1.65. The second kappa shape index (κ2) is 7.84. The third kappa shape index (κ3) is 3.68. The van der Waals surface area contributed by atoms with Crippen LogP contribution >= 0.6 is 0 Å². The number of nitrogens with one attached hydrogen (secondary N) is 1. The van der Waals surface area contributed by atoms with Crippen LogP contribution in [0.5, 0.6) is 11.5 Å². The van der Waals surface area contributed by atoms with Crippen molar-refractivity contribution >= 4 is 27.3 Å². The molecule has 1 N–H and O–H groups in total. The number of sulfonamides is 1. The number of nitrogens with zero attached hydrogens (tertiary/aromatic N) is 2. The molecule has 1 amide bonds. The molecular weight excluding hydrogens is 414 g/mol. The van der Waals surface area contributed by atoms with E-state index in [2.05, 4.69) is 17.1 Å². The topological polar surface area (TPSA) is 79.0 Å². The summed E-state index contributed by atoms with van der Waals surface area (Å²) in [7, 11) is -3.71. The van der Waals surface area contributed by atoms with E-state index in [9.17, 15) is 13.2 Å². The van der Waals surface area contributed by atoms with Gasteiger partial charge in [0.05, 0.1) is 16.9 Å². The lowest BCUT2D eigenvalue weighted by atomic mass is 9.98. The number of piperidine rings is 1. The van der Waals surface area contributed by atoms with Gasteiger partial charge in [0.25, 0.3) is 5.91 Å². The van der Waals surface area contributed by atoms with E-state index in [0.29, 0.717) is 41.9 Å². The lowest BCUT2D eigenvalue weighted by molar-refractivity contribution is 0.102. The predicted octanol–water partition coefficient (Wildman–Crippen LogP) is 4.07. The van der Waals surface area contributed by atoms with Gasteiger partial charge in [-0.05, 0) is 49.8 Å². The molecule has 3 heterocycles. The minimum absolute atomic E-state index is 0.201. The minimum Gasteiger partial charge on any atom is -0.454 e. The average Bonchev–Trinajstić information content (AvgIpc) is 3.27. The SMILES string of the molecule is CC1CCN(c2cc3c(cc2S(=O)(=O)N2CCCC2)C(=O)Nc2ccccc2O3)CC1. The number of benzene rings is 2. The number of fused-ring (bicyclic) bond motifs is 2. The molecule has 2 fully saturated rings. The van der Waals surface area contributed by atoms with Crippen molar-refractivity contribution < 1.29 is 17.9 Å². The van der Waals surface area contributed by atoms with Gasteiger partial charge in [-0.2, -0.15) is 4.31 Å². The molecular formula is C23H27N3O4S. The zero-order chi connectivity index (χ0) is 21.6. The van der Waals surface area contributed by atoms with Crippen molar-refractivity contribution in [2.75, 3.05) is 36.4 Å². The quantitative estimate of drug-likeness (QED) is 0.777. The molecule has 7 nitrogen and oxygen atoms in total. The van der Waals surface area contributed by atoms with Crippen LogP contribution in [0.3, 0.4) is 0 Å². The number of rotatable bonds is 3. The number of carbonyl (C=O) groups is 1. The van der Waals surface area contributed by atoms with Crippen LogP contribution in [0.4, 0.5) is 11.4 Å². The maximum absolute atomic E-state index is 13.6. The number of para-hydroxylation sites is 2. The van der Waals surface area contributed by atoms with Gasteiger partial charge in [-0.1, -0.05) is 19.1 Å². The van der Waals surface area contributed by atoms with Crippen LogP contribution in [-0.4, -0.2) is 44.8 Å². The third-order valence-electron chi connectivity index (χ3n) is 6.47. The molecule has 2 aromatic rings. The molecule has 0 aromatic heterocycles. The fourth-order valence-electron chi connectivity index (χ4n) is 4.55. The number of carbonyl (C=O) groups excluding carboxylic acids is 1. The molecule has 5 rings (SSSR count). The van der Waals surface area contributed by atoms with Gasteiger partial charge in [0, 0.05) is 32.2 Å². The van der Waals surface area contributed by atoms with Crippen molar-refractivity contribution in [3.63, 3.8) is 0 Å². The van der Waals surface area contributed by atoms with Crippen LogP contribution in [0.15, 0.2) is 41.3 Å². The minimum atomic E-state index is -3.71. The fraction of sp³-hybridized carbons (Fsp3) is 0.435. The van der Waals surface area contributed by atoms with Crippen molar-refractivity contribution in [3.8, 4) is 11.5 Å². The number of ether oxygens (including phenoxy) is 1. The molecule has 31 heavy (non-hydrogen) atoms. The zero-order valence-electron chi connectivity index (χ0n) is 17.6. The van der Waals surface area contributed by atoms with Gasteiger partial charge < -0.3 is 15.0 Å². The summed E-state index contributed by atoms with van der Waals surface area (Å²) < 4.78 is 34.8. The van der Waals surface area contributed by atoms with Crippen LogP contribution < -0.4 is 15.0 Å². The van der Waals surface area contributed by atoms with E-state index in [1.165, 1.54) is 10.4 Å². The lowest BCUT2D eigenvalue weighted by Crippen LogP contribution is -2.35. The van der Waals surface area contributed by atoms with Gasteiger partial charge in [-0.3, -0.25) is 4.79 Å². The third-order valence-corrected chi connectivity index (χ3v) is 8.40. The zero-order valence-corrected chi connectivity index (χ0v) is 18.5. The largest absolute Gasteiger partial charge is 0.454 e. The van der Waals surface area contributed by atoms with Crippen molar-refractivity contribution in [3.05, 3.63) is 42.0 Å². The standard InChI is InChI=1S/C23H27N3O4S/c1-16-8-12-25(13-9-16)19-15-21-17(14-22(19)31(28,29)26-10-4-5-11-26)23(27)24-18-6-2-3-7-20(18)30-21/h2-3,6-7,14-16H,4-5,8-13H2,1H3,(H,24,27). The van der Waals surface area contributed by atoms with Gasteiger partial charge in [0.1, 0.15) is 10.6 Å². The van der Waals surface area contributed by atoms with Crippen LogP contribution in [-0.2, 0) is 10.0 Å². The number of hydrogen-bond donors (Lipinski definition) is 1. The lowest BCUT2D eigenvalue weighted by Gasteiger charge is -2.34. The Morgan fingerprint density at radius 2 is 1.71 bits per heavy atom. The molecule has 0 radical (unpaired) electrons. The van der Waals surface area contributed by atoms with E-state index in [1.54, 1.807) is 18.2 Å². The number of hydrogen-bond acceptors (Lipinski definition) is 5. The molecule has 0 spiro atoms. The predicted molar refractivity (Wildman–Crippen MR) is 120 cm³/mol. The maximum Gasteiger partial charge on any atom is 0.259 e. The second-order valence-electron chi connectivity index (χ2n) is 8.65. The summed E-state index contributed by atoms with van der Waals surface area (Å²) in [6.45, 7) is 4.82. The molecule has 2 saturated heterocycles. The van der Waals surface area contributed by atoms with Gasteiger partial charge >= 0.3 is 0 Å². The van der Waals surface area contributed by atoms with Gasteiger partial charge in [-0.25, -0.2) is 8.42 Å². The van der Waals surface area contributed by atoms with Crippen LogP contribution in [0.25, 0.3) is 0 Å². The summed E-state index contributed by atoms with van der Waals surface area (Å²) in [5, 5.41) is 2.85. The molecule has 0 unspecified atom stereocenters. The summed E-state index contributed by atoms with van der Waals surface area (Å²) in [5.74, 6) is 1.18. The molecule has 0 saturated carbocycles. The van der Waals surface area contributed by atoms with E-state index in [4.69, 9.17) is 4.74 Å². The highest BCUT2D eigenvalue weighted by Crippen LogP contribution is 2.42. The Hall–Kier alpha value is -2.58. The molecule has 3 aliphatic rings. The first kappa shape index (κ1) is 20.3. The first-order valence-corrected chi connectivity index (χ1v) is 12.4. The van der Waals surface area contributed by atoms with Crippen molar-refractivity contribution in [1.29, 1.82) is 0 Å². The summed E-state index contributed by atoms with van der Waals surface area (Å²) in [6, 6.07) is 10.5. The first-order valence-electron chi connectivity index (χ1n) is 10.9. The van der Waals surface area contributed by atoms with E-state index >= 15 is 0 Å². The molecule has 164 valence electrons. The van der Waals surface area contributed by atoms with Crippen LogP contribution in [0, 0.1) is 5.92 Å². The first-order chi connectivity index (χ1) is 14.9. The number of anilines is 2. The normalized spacial score (nSPS) is 19.9. The average molecular weight is 442 g/mol. The summed E-state index contributed by atoms with van der Waals surface area (Å²) in [4.78, 5) is 15.3. The summed E-state index contributed by atoms with van der Waals surface area (Å²) >= 11 is 0. The van der Waals surface area contributed by atoms with Crippen LogP contribution in [0.1, 0.15) is 43.0 Å². The highest BCUT2D eigenvalue weighted by Gasteiger charge is 2.34. The molecule has 0 atom stereocenters. The highest BCUT2D eigenvalue weighted by atomic mass is 32.2. The second-order valence-corrected chi connectivity index (χ2v) is 10.6. The monoisotopic (exact) mass is 441 g/mol. The Morgan fingerprint density at radius 1 is 1.00 bits per heavy atom. The van der Waals surface area contributed by atoms with Gasteiger partial charge in [0.15, 0.2) is 5.75 Å². The van der Waals surface area contributed by atoms with E-state index in [1.807, 2.05) is 12.1 Å². The fourth-order valence-corrected chi connectivity index (χ4v) is 6.29. The Bertz CT molecular complexity index is 1120. The van der Waals surface area contributed by atoms with E-state index in [-0.39, 0.29) is 16.4 Å². The molecule has 2 aromatic carbocycles. The van der Waals surface area contributed by atoms with Crippen molar-refractivity contribution in [1.82, 2.24) is 4.31 Å². The van der Waals surface area contributed by atoms with E-state index in [0.717, 1.165) is 38.8 Å². The van der Waals surface area contributed by atoms with Crippen molar-refractivity contribution in [2.24, 2.45) is 5.92 Å². The number of amides is 1. The Kier molecular flexibility index (Phi) is 5.14. The Labute approximate surface area is 183 Å². The molecule has 0 aliphatic carbocycles. The molecule has 8 heteroatoms. The molecule has 0 bridgehead atoms. The van der Waals surface area contributed by atoms with Crippen LogP contribution in [0.2, 0.25) is 0 Å². The van der Waals surface area contributed by atoms with Crippen molar-refractivity contribution in [2.45, 2.75) is 37.5 Å². The van der Waals surface area contributed by atoms with E-state index < -0.39 is 10.0 Å². The highest BCUT2D eigenvalue weighted by molar-refractivity contribution is 7.89. The van der Waals surface area contributed by atoms with Gasteiger partial charge in [0.2, 0.25) is 10.0 Å². The molecule has 3 aliphatic heterocycles. The van der Waals surface area contributed by atoms with Gasteiger partial charge in [-0.15, -0.1) is 0 Å².